The first-order chi connectivity index (χ1) is 14.8. The Balaban J connectivity index is 1.50. The Morgan fingerprint density at radius 1 is 0.935 bits per heavy atom. The molecule has 2 heterocycles. The largest absolute Gasteiger partial charge is 0.468 e. The number of ether oxygens (including phenoxy) is 4. The van der Waals surface area contributed by atoms with Gasteiger partial charge in [0.1, 0.15) is 6.10 Å². The first-order valence-corrected chi connectivity index (χ1v) is 10.2. The van der Waals surface area contributed by atoms with Gasteiger partial charge >= 0.3 is 6.18 Å². The average Bonchev–Trinajstić information content (AvgIpc) is 2.77. The Labute approximate surface area is 178 Å². The van der Waals surface area contributed by atoms with Gasteiger partial charge in [-0.1, -0.05) is 62.4 Å². The standard InChI is InChI=1S/C23H24F3NO4/c1-14-15(2)20(31-22(23(24,25)26)27-17-11-7-4-8-12-17)29-18-13-28-21(30-19(14)18)16-9-5-3-6-10-16/h3-12,14-15,18-21H,13H2,1-2H3. The average molecular weight is 435 g/mol. The van der Waals surface area contributed by atoms with Gasteiger partial charge in [0.15, 0.2) is 6.29 Å². The molecule has 2 aliphatic rings. The van der Waals surface area contributed by atoms with Crippen molar-refractivity contribution >= 4 is 11.6 Å². The second kappa shape index (κ2) is 8.98. The lowest BCUT2D eigenvalue weighted by Crippen LogP contribution is -2.56. The minimum Gasteiger partial charge on any atom is -0.444 e. The van der Waals surface area contributed by atoms with Gasteiger partial charge in [-0.3, -0.25) is 0 Å². The molecule has 2 fully saturated rings. The van der Waals surface area contributed by atoms with E-state index in [9.17, 15) is 13.2 Å². The number of hydrogen-bond acceptors (Lipinski definition) is 5. The third-order valence-corrected chi connectivity index (χ3v) is 5.67. The Morgan fingerprint density at radius 2 is 1.58 bits per heavy atom. The molecule has 0 spiro atoms. The molecule has 6 atom stereocenters. The van der Waals surface area contributed by atoms with Gasteiger partial charge in [-0.15, -0.1) is 0 Å². The van der Waals surface area contributed by atoms with Crippen molar-refractivity contribution in [3.8, 4) is 0 Å². The van der Waals surface area contributed by atoms with Gasteiger partial charge in [0.25, 0.3) is 5.90 Å². The van der Waals surface area contributed by atoms with Crippen LogP contribution < -0.4 is 0 Å². The number of halogens is 3. The highest BCUT2D eigenvalue weighted by molar-refractivity contribution is 5.84. The van der Waals surface area contributed by atoms with Gasteiger partial charge in [0.2, 0.25) is 6.29 Å². The molecule has 0 aliphatic carbocycles. The number of benzene rings is 2. The molecule has 0 N–H and O–H groups in total. The molecule has 0 saturated carbocycles. The first kappa shape index (κ1) is 21.8. The van der Waals surface area contributed by atoms with Crippen molar-refractivity contribution in [2.24, 2.45) is 16.8 Å². The zero-order valence-electron chi connectivity index (χ0n) is 17.2. The normalized spacial score (nSPS) is 31.7. The summed E-state index contributed by atoms with van der Waals surface area (Å²) in [5, 5.41) is 0. The number of alkyl halides is 3. The predicted octanol–water partition coefficient (Wildman–Crippen LogP) is 5.41. The molecule has 31 heavy (non-hydrogen) atoms. The van der Waals surface area contributed by atoms with E-state index in [-0.39, 0.29) is 30.2 Å². The van der Waals surface area contributed by atoms with Gasteiger partial charge in [0.05, 0.1) is 18.4 Å². The lowest BCUT2D eigenvalue weighted by molar-refractivity contribution is -0.334. The predicted molar refractivity (Wildman–Crippen MR) is 108 cm³/mol. The highest BCUT2D eigenvalue weighted by Crippen LogP contribution is 2.40. The Kier molecular flexibility index (Phi) is 6.31. The van der Waals surface area contributed by atoms with E-state index >= 15 is 0 Å². The van der Waals surface area contributed by atoms with E-state index in [0.29, 0.717) is 0 Å². The maximum Gasteiger partial charge on any atom is 0.468 e. The van der Waals surface area contributed by atoms with Crippen LogP contribution in [-0.2, 0) is 18.9 Å². The van der Waals surface area contributed by atoms with Crippen LogP contribution in [0.1, 0.15) is 25.7 Å². The van der Waals surface area contributed by atoms with Crippen molar-refractivity contribution < 1.29 is 32.1 Å². The maximum absolute atomic E-state index is 13.6. The summed E-state index contributed by atoms with van der Waals surface area (Å²) in [6.07, 6.45) is -7.28. The fraction of sp³-hybridized carbons (Fsp3) is 0.435. The molecule has 0 radical (unpaired) electrons. The van der Waals surface area contributed by atoms with E-state index in [4.69, 9.17) is 18.9 Å². The minimum atomic E-state index is -4.75. The van der Waals surface area contributed by atoms with Crippen LogP contribution in [-0.4, -0.2) is 37.2 Å². The van der Waals surface area contributed by atoms with Crippen molar-refractivity contribution in [3.63, 3.8) is 0 Å². The van der Waals surface area contributed by atoms with Crippen molar-refractivity contribution in [2.75, 3.05) is 6.61 Å². The minimum absolute atomic E-state index is 0.120. The zero-order valence-corrected chi connectivity index (χ0v) is 17.2. The van der Waals surface area contributed by atoms with Crippen LogP contribution in [0.15, 0.2) is 65.7 Å². The Bertz CT molecular complexity index is 889. The second-order valence-corrected chi connectivity index (χ2v) is 7.81. The van der Waals surface area contributed by atoms with Gasteiger partial charge < -0.3 is 18.9 Å². The van der Waals surface area contributed by atoms with Crippen LogP contribution in [0.25, 0.3) is 0 Å². The molecule has 0 amide bonds. The number of rotatable bonds is 3. The Hall–Kier alpha value is -2.42. The number of hydrogen-bond donors (Lipinski definition) is 0. The zero-order chi connectivity index (χ0) is 22.0. The summed E-state index contributed by atoms with van der Waals surface area (Å²) in [4.78, 5) is 3.67. The number of nitrogens with zero attached hydrogens (tertiary/aromatic N) is 1. The lowest BCUT2D eigenvalue weighted by atomic mass is 9.84. The van der Waals surface area contributed by atoms with E-state index in [0.717, 1.165) is 5.56 Å². The van der Waals surface area contributed by atoms with Crippen LogP contribution in [0.3, 0.4) is 0 Å². The molecule has 2 aromatic rings. The van der Waals surface area contributed by atoms with Crippen molar-refractivity contribution in [2.45, 2.75) is 44.8 Å². The highest BCUT2D eigenvalue weighted by Gasteiger charge is 2.49. The molecule has 8 heteroatoms. The molecule has 2 saturated heterocycles. The molecule has 6 unspecified atom stereocenters. The van der Waals surface area contributed by atoms with Crippen LogP contribution in [0.4, 0.5) is 18.9 Å². The van der Waals surface area contributed by atoms with Gasteiger partial charge in [0, 0.05) is 11.5 Å². The summed E-state index contributed by atoms with van der Waals surface area (Å²) < 4.78 is 63.8. The SMILES string of the molecule is CC1C(OC(=Nc2ccccc2)C(F)(F)F)OC2COC(c3ccccc3)OC2C1C. The summed E-state index contributed by atoms with van der Waals surface area (Å²) in [7, 11) is 0. The van der Waals surface area contributed by atoms with Gasteiger partial charge in [-0.2, -0.15) is 13.2 Å². The summed E-state index contributed by atoms with van der Waals surface area (Å²) >= 11 is 0. The first-order valence-electron chi connectivity index (χ1n) is 10.2. The van der Waals surface area contributed by atoms with E-state index in [1.165, 1.54) is 12.1 Å². The van der Waals surface area contributed by atoms with Crippen molar-refractivity contribution in [3.05, 3.63) is 66.2 Å². The van der Waals surface area contributed by atoms with E-state index in [2.05, 4.69) is 4.99 Å². The molecule has 0 aromatic heterocycles. The van der Waals surface area contributed by atoms with Gasteiger partial charge in [-0.05, 0) is 18.1 Å². The fourth-order valence-corrected chi connectivity index (χ4v) is 3.78. The van der Waals surface area contributed by atoms with Crippen LogP contribution in [0.2, 0.25) is 0 Å². The van der Waals surface area contributed by atoms with Crippen molar-refractivity contribution in [1.29, 1.82) is 0 Å². The quantitative estimate of drug-likeness (QED) is 0.478. The maximum atomic E-state index is 13.6. The summed E-state index contributed by atoms with van der Waals surface area (Å²) in [5.74, 6) is -1.81. The fourth-order valence-electron chi connectivity index (χ4n) is 3.78. The third kappa shape index (κ3) is 4.92. The molecule has 4 rings (SSSR count). The van der Waals surface area contributed by atoms with Crippen LogP contribution >= 0.6 is 0 Å². The monoisotopic (exact) mass is 435 g/mol. The van der Waals surface area contributed by atoms with E-state index in [1.807, 2.05) is 37.3 Å². The van der Waals surface area contributed by atoms with Crippen LogP contribution in [0, 0.1) is 11.8 Å². The molecule has 166 valence electrons. The summed E-state index contributed by atoms with van der Waals surface area (Å²) in [5.41, 5.74) is 1.03. The van der Waals surface area contributed by atoms with Crippen molar-refractivity contribution in [1.82, 2.24) is 0 Å². The lowest BCUT2D eigenvalue weighted by Gasteiger charge is -2.47. The molecule has 2 aromatic carbocycles. The van der Waals surface area contributed by atoms with Crippen LogP contribution in [0.5, 0.6) is 0 Å². The topological polar surface area (TPSA) is 49.3 Å². The van der Waals surface area contributed by atoms with E-state index < -0.39 is 30.8 Å². The molecule has 2 aliphatic heterocycles. The second-order valence-electron chi connectivity index (χ2n) is 7.81. The summed E-state index contributed by atoms with van der Waals surface area (Å²) in [6, 6.07) is 17.4. The summed E-state index contributed by atoms with van der Waals surface area (Å²) in [6.45, 7) is 3.91. The molecule has 5 nitrogen and oxygen atoms in total. The Morgan fingerprint density at radius 3 is 2.23 bits per heavy atom. The number of para-hydroxylation sites is 1. The van der Waals surface area contributed by atoms with Gasteiger partial charge in [-0.25, -0.2) is 4.99 Å². The smallest absolute Gasteiger partial charge is 0.444 e. The van der Waals surface area contributed by atoms with E-state index in [1.54, 1.807) is 25.1 Å². The molecule has 0 bridgehead atoms. The highest BCUT2D eigenvalue weighted by atomic mass is 19.4. The number of aliphatic imine (C=N–C) groups is 1. The molecular formula is C23H24F3NO4. The third-order valence-electron chi connectivity index (χ3n) is 5.67. The number of fused-ring (bicyclic) bond motifs is 1. The molecular weight excluding hydrogens is 411 g/mol.